The second kappa shape index (κ2) is 15.4. The van der Waals surface area contributed by atoms with Crippen LogP contribution in [0.5, 0.6) is 0 Å². The zero-order chi connectivity index (χ0) is 16.6. The molecule has 0 bridgehead atoms. The fraction of sp³-hybridized carbons (Fsp3) is 0.950. The van der Waals surface area contributed by atoms with Crippen molar-refractivity contribution < 1.29 is 9.53 Å². The smallest absolute Gasteiger partial charge is 0.309 e. The Morgan fingerprint density at radius 1 is 0.773 bits per heavy atom. The maximum absolute atomic E-state index is 12.0. The minimum atomic E-state index is 0.0211. The predicted molar refractivity (Wildman–Crippen MR) is 96.0 cm³/mol. The summed E-state index contributed by atoms with van der Waals surface area (Å²) in [6.07, 6.45) is 15.3. The van der Waals surface area contributed by atoms with Gasteiger partial charge in [0.25, 0.3) is 0 Å². The van der Waals surface area contributed by atoms with Crippen LogP contribution in [0.15, 0.2) is 0 Å². The summed E-state index contributed by atoms with van der Waals surface area (Å²) in [5.41, 5.74) is 0. The van der Waals surface area contributed by atoms with E-state index in [-0.39, 0.29) is 11.9 Å². The van der Waals surface area contributed by atoms with Crippen LogP contribution in [0.4, 0.5) is 0 Å². The van der Waals surface area contributed by atoms with Gasteiger partial charge in [-0.15, -0.1) is 0 Å². The maximum Gasteiger partial charge on any atom is 0.309 e. The molecule has 0 spiro atoms. The minimum absolute atomic E-state index is 0.0211. The average Bonchev–Trinajstić information content (AvgIpc) is 2.50. The fourth-order valence-electron chi connectivity index (χ4n) is 2.88. The van der Waals surface area contributed by atoms with E-state index in [4.69, 9.17) is 4.74 Å². The van der Waals surface area contributed by atoms with Crippen molar-refractivity contribution in [3.63, 3.8) is 0 Å². The van der Waals surface area contributed by atoms with Crippen LogP contribution in [0.1, 0.15) is 105 Å². The first-order valence-electron chi connectivity index (χ1n) is 9.80. The van der Waals surface area contributed by atoms with Crippen LogP contribution in [0.3, 0.4) is 0 Å². The minimum Gasteiger partial charge on any atom is -0.465 e. The van der Waals surface area contributed by atoms with E-state index in [1.165, 1.54) is 64.2 Å². The van der Waals surface area contributed by atoms with Gasteiger partial charge in [-0.2, -0.15) is 0 Å². The van der Waals surface area contributed by atoms with Gasteiger partial charge in [-0.1, -0.05) is 91.9 Å². The summed E-state index contributed by atoms with van der Waals surface area (Å²) in [6, 6.07) is 0. The van der Waals surface area contributed by atoms with Crippen molar-refractivity contribution in [3.05, 3.63) is 0 Å². The van der Waals surface area contributed by atoms with E-state index in [0.29, 0.717) is 12.5 Å². The number of hydrogen-bond acceptors (Lipinski definition) is 2. The summed E-state index contributed by atoms with van der Waals surface area (Å²) in [5.74, 6) is 0.510. The number of carbonyl (C=O) groups excluding carboxylic acids is 1. The molecule has 0 N–H and O–H groups in total. The van der Waals surface area contributed by atoms with Gasteiger partial charge in [0.05, 0.1) is 12.5 Å². The largest absolute Gasteiger partial charge is 0.465 e. The SMILES string of the molecule is CCCCCCCCCCCCC(C(=O)OCCC)C(C)C. The number of ether oxygens (including phenoxy) is 1. The highest BCUT2D eigenvalue weighted by Gasteiger charge is 2.22. The van der Waals surface area contributed by atoms with Gasteiger partial charge in [0.1, 0.15) is 0 Å². The molecule has 132 valence electrons. The molecule has 2 nitrogen and oxygen atoms in total. The van der Waals surface area contributed by atoms with E-state index >= 15 is 0 Å². The van der Waals surface area contributed by atoms with Crippen LogP contribution in [0, 0.1) is 11.8 Å². The highest BCUT2D eigenvalue weighted by Crippen LogP contribution is 2.21. The normalized spacial score (nSPS) is 12.6. The molecule has 0 heterocycles. The van der Waals surface area contributed by atoms with Gasteiger partial charge in [0, 0.05) is 0 Å². The molecule has 1 atom stereocenters. The molecule has 0 aliphatic carbocycles. The molecule has 0 aromatic rings. The summed E-state index contributed by atoms with van der Waals surface area (Å²) < 4.78 is 5.32. The molecule has 0 fully saturated rings. The van der Waals surface area contributed by atoms with Gasteiger partial charge in [0.2, 0.25) is 0 Å². The third-order valence-electron chi connectivity index (χ3n) is 4.42. The Bertz CT molecular complexity index is 248. The molecule has 0 amide bonds. The Morgan fingerprint density at radius 2 is 1.27 bits per heavy atom. The third-order valence-corrected chi connectivity index (χ3v) is 4.42. The molecule has 0 saturated carbocycles. The standard InChI is InChI=1S/C20H40O2/c1-5-7-8-9-10-11-12-13-14-15-16-19(18(3)4)20(21)22-17-6-2/h18-19H,5-17H2,1-4H3. The molecule has 0 aromatic carbocycles. The molecule has 0 saturated heterocycles. The first-order valence-corrected chi connectivity index (χ1v) is 9.80. The molecule has 1 unspecified atom stereocenters. The average molecular weight is 313 g/mol. The van der Waals surface area contributed by atoms with Crippen molar-refractivity contribution in [2.75, 3.05) is 6.61 Å². The molecule has 0 aromatic heterocycles. The Hall–Kier alpha value is -0.530. The van der Waals surface area contributed by atoms with Crippen LogP contribution in [-0.2, 0) is 9.53 Å². The molecule has 0 rings (SSSR count). The van der Waals surface area contributed by atoms with E-state index in [0.717, 1.165) is 12.8 Å². The van der Waals surface area contributed by atoms with Gasteiger partial charge >= 0.3 is 5.97 Å². The quantitative estimate of drug-likeness (QED) is 0.254. The van der Waals surface area contributed by atoms with Gasteiger partial charge in [-0.3, -0.25) is 4.79 Å². The van der Waals surface area contributed by atoms with E-state index in [1.54, 1.807) is 0 Å². The van der Waals surface area contributed by atoms with Gasteiger partial charge < -0.3 is 4.74 Å². The number of unbranched alkanes of at least 4 members (excludes halogenated alkanes) is 9. The lowest BCUT2D eigenvalue weighted by molar-refractivity contribution is -0.150. The lowest BCUT2D eigenvalue weighted by Gasteiger charge is -2.19. The number of carbonyl (C=O) groups is 1. The Balaban J connectivity index is 3.58. The van der Waals surface area contributed by atoms with Crippen LogP contribution in [-0.4, -0.2) is 12.6 Å². The molecule has 0 aliphatic heterocycles. The van der Waals surface area contributed by atoms with Gasteiger partial charge in [0.15, 0.2) is 0 Å². The van der Waals surface area contributed by atoms with Gasteiger partial charge in [-0.05, 0) is 18.8 Å². The van der Waals surface area contributed by atoms with Crippen LogP contribution >= 0.6 is 0 Å². The van der Waals surface area contributed by atoms with E-state index in [2.05, 4.69) is 20.8 Å². The molecule has 2 heteroatoms. The number of hydrogen-bond donors (Lipinski definition) is 0. The van der Waals surface area contributed by atoms with Crippen LogP contribution < -0.4 is 0 Å². The van der Waals surface area contributed by atoms with Crippen molar-refractivity contribution in [1.82, 2.24) is 0 Å². The van der Waals surface area contributed by atoms with Crippen molar-refractivity contribution in [1.29, 1.82) is 0 Å². The number of esters is 1. The third kappa shape index (κ3) is 12.1. The van der Waals surface area contributed by atoms with Crippen molar-refractivity contribution in [3.8, 4) is 0 Å². The van der Waals surface area contributed by atoms with E-state index < -0.39 is 0 Å². The highest BCUT2D eigenvalue weighted by atomic mass is 16.5. The predicted octanol–water partition coefficient (Wildman–Crippen LogP) is 6.52. The zero-order valence-electron chi connectivity index (χ0n) is 15.7. The van der Waals surface area contributed by atoms with E-state index in [1.807, 2.05) is 6.92 Å². The summed E-state index contributed by atoms with van der Waals surface area (Å²) in [4.78, 5) is 12.0. The highest BCUT2D eigenvalue weighted by molar-refractivity contribution is 5.72. The summed E-state index contributed by atoms with van der Waals surface area (Å²) in [5, 5.41) is 0. The zero-order valence-corrected chi connectivity index (χ0v) is 15.7. The van der Waals surface area contributed by atoms with Crippen molar-refractivity contribution >= 4 is 5.97 Å². The lowest BCUT2D eigenvalue weighted by atomic mass is 9.90. The van der Waals surface area contributed by atoms with Crippen LogP contribution in [0.2, 0.25) is 0 Å². The first kappa shape index (κ1) is 21.5. The number of rotatable bonds is 15. The summed E-state index contributed by atoms with van der Waals surface area (Å²) >= 11 is 0. The lowest BCUT2D eigenvalue weighted by Crippen LogP contribution is -2.23. The Labute approximate surface area is 139 Å². The van der Waals surface area contributed by atoms with Crippen molar-refractivity contribution in [2.24, 2.45) is 11.8 Å². The molecular formula is C20H40O2. The van der Waals surface area contributed by atoms with E-state index in [9.17, 15) is 4.79 Å². The molecular weight excluding hydrogens is 272 g/mol. The van der Waals surface area contributed by atoms with Gasteiger partial charge in [-0.25, -0.2) is 0 Å². The van der Waals surface area contributed by atoms with Crippen molar-refractivity contribution in [2.45, 2.75) is 105 Å². The Kier molecular flexibility index (Phi) is 15.0. The maximum atomic E-state index is 12.0. The second-order valence-electron chi connectivity index (χ2n) is 6.99. The topological polar surface area (TPSA) is 26.3 Å². The Morgan fingerprint density at radius 3 is 1.73 bits per heavy atom. The fourth-order valence-corrected chi connectivity index (χ4v) is 2.88. The summed E-state index contributed by atoms with van der Waals surface area (Å²) in [6.45, 7) is 9.14. The summed E-state index contributed by atoms with van der Waals surface area (Å²) in [7, 11) is 0. The first-order chi connectivity index (χ1) is 10.6. The van der Waals surface area contributed by atoms with Crippen LogP contribution in [0.25, 0.3) is 0 Å². The molecule has 0 radical (unpaired) electrons. The molecule has 0 aliphatic rings. The molecule has 22 heavy (non-hydrogen) atoms. The second-order valence-corrected chi connectivity index (χ2v) is 6.99. The monoisotopic (exact) mass is 312 g/mol.